The lowest BCUT2D eigenvalue weighted by Gasteiger charge is -2.39. The zero-order valence-corrected chi connectivity index (χ0v) is 15.4. The molecule has 0 fully saturated rings. The number of nitrogens with one attached hydrogen (secondary N) is 1. The molecule has 24 heavy (non-hydrogen) atoms. The van der Waals surface area contributed by atoms with Gasteiger partial charge < -0.3 is 10.4 Å². The summed E-state index contributed by atoms with van der Waals surface area (Å²) in [4.78, 5) is 25.8. The van der Waals surface area contributed by atoms with E-state index in [0.29, 0.717) is 18.9 Å². The van der Waals surface area contributed by atoms with E-state index in [1.165, 1.54) is 4.90 Å². The number of hydrogen-bond acceptors (Lipinski definition) is 2. The van der Waals surface area contributed by atoms with Gasteiger partial charge in [-0.25, -0.2) is 4.79 Å². The quantitative estimate of drug-likeness (QED) is 0.801. The smallest absolute Gasteiger partial charge is 0.408 e. The first-order valence-corrected chi connectivity index (χ1v) is 8.46. The molecule has 5 nitrogen and oxygen atoms in total. The molecule has 5 heteroatoms. The maximum absolute atomic E-state index is 12.7. The first-order valence-electron chi connectivity index (χ1n) is 8.46. The predicted octanol–water partition coefficient (Wildman–Crippen LogP) is 3.54. The topological polar surface area (TPSA) is 69.6 Å². The fraction of sp³-hybridized carbons (Fsp3) is 0.579. The van der Waals surface area contributed by atoms with Crippen LogP contribution in [0, 0.1) is 5.92 Å². The Hall–Kier alpha value is -2.04. The molecule has 0 aliphatic carbocycles. The van der Waals surface area contributed by atoms with Gasteiger partial charge in [0.05, 0.1) is 0 Å². The Morgan fingerprint density at radius 1 is 1.17 bits per heavy atom. The lowest BCUT2D eigenvalue weighted by Crippen LogP contribution is -2.57. The molecule has 1 aromatic rings. The molecule has 0 saturated carbocycles. The molecule has 134 valence electrons. The number of carbonyl (C=O) groups is 2. The summed E-state index contributed by atoms with van der Waals surface area (Å²) in [6, 6.07) is 8.77. The highest BCUT2D eigenvalue weighted by Gasteiger charge is 2.37. The van der Waals surface area contributed by atoms with E-state index in [4.69, 9.17) is 0 Å². The third-order valence-corrected chi connectivity index (χ3v) is 3.84. The minimum atomic E-state index is -1.08. The van der Waals surface area contributed by atoms with E-state index in [1.54, 1.807) is 20.8 Å². The summed E-state index contributed by atoms with van der Waals surface area (Å²) >= 11 is 0. The molecular formula is C19H30N2O3. The zero-order chi connectivity index (χ0) is 18.3. The molecule has 0 bridgehead atoms. The largest absolute Gasteiger partial charge is 0.465 e. The summed E-state index contributed by atoms with van der Waals surface area (Å²) in [6.45, 7) is 10.2. The van der Waals surface area contributed by atoms with Crippen LogP contribution >= 0.6 is 0 Å². The Morgan fingerprint density at radius 2 is 1.75 bits per heavy atom. The van der Waals surface area contributed by atoms with Crippen LogP contribution in [0.2, 0.25) is 0 Å². The summed E-state index contributed by atoms with van der Waals surface area (Å²) in [5.74, 6) is 0.243. The molecule has 2 N–H and O–H groups in total. The fourth-order valence-corrected chi connectivity index (χ4v) is 2.63. The van der Waals surface area contributed by atoms with Crippen LogP contribution in [0.15, 0.2) is 30.3 Å². The van der Waals surface area contributed by atoms with Crippen molar-refractivity contribution in [2.24, 2.45) is 5.92 Å². The number of carboxylic acid groups (broad SMARTS) is 1. The van der Waals surface area contributed by atoms with Gasteiger partial charge in [-0.15, -0.1) is 0 Å². The van der Waals surface area contributed by atoms with Crippen LogP contribution < -0.4 is 5.32 Å². The second-order valence-electron chi connectivity index (χ2n) is 7.50. The van der Waals surface area contributed by atoms with Crippen molar-refractivity contribution in [3.63, 3.8) is 0 Å². The van der Waals surface area contributed by atoms with Crippen molar-refractivity contribution in [2.75, 3.05) is 6.54 Å². The van der Waals surface area contributed by atoms with E-state index in [-0.39, 0.29) is 5.91 Å². The van der Waals surface area contributed by atoms with Crippen LogP contribution in [0.4, 0.5) is 4.79 Å². The van der Waals surface area contributed by atoms with E-state index in [9.17, 15) is 14.7 Å². The number of nitrogens with zero attached hydrogens (tertiary/aromatic N) is 1. The molecule has 1 aromatic carbocycles. The van der Waals surface area contributed by atoms with Gasteiger partial charge in [-0.1, -0.05) is 44.2 Å². The highest BCUT2D eigenvalue weighted by atomic mass is 16.4. The van der Waals surface area contributed by atoms with Crippen LogP contribution in [-0.4, -0.2) is 40.1 Å². The maximum atomic E-state index is 12.7. The van der Waals surface area contributed by atoms with Gasteiger partial charge in [-0.3, -0.25) is 9.69 Å². The van der Waals surface area contributed by atoms with Crippen molar-refractivity contribution in [3.05, 3.63) is 35.9 Å². The Bertz CT molecular complexity index is 535. The molecule has 0 radical (unpaired) electrons. The normalized spacial score (nSPS) is 12.8. The van der Waals surface area contributed by atoms with Crippen molar-refractivity contribution < 1.29 is 14.7 Å². The van der Waals surface area contributed by atoms with Gasteiger partial charge in [0, 0.05) is 18.5 Å². The summed E-state index contributed by atoms with van der Waals surface area (Å²) in [6.07, 6.45) is 0.145. The van der Waals surface area contributed by atoms with Crippen molar-refractivity contribution in [1.29, 1.82) is 0 Å². The van der Waals surface area contributed by atoms with Crippen LogP contribution in [0.1, 0.15) is 46.6 Å². The summed E-state index contributed by atoms with van der Waals surface area (Å²) in [7, 11) is 0. The van der Waals surface area contributed by atoms with Crippen molar-refractivity contribution in [2.45, 2.75) is 59.0 Å². The third kappa shape index (κ3) is 6.22. The van der Waals surface area contributed by atoms with Gasteiger partial charge >= 0.3 is 6.09 Å². The molecular weight excluding hydrogens is 304 g/mol. The molecule has 0 aliphatic rings. The second kappa shape index (κ2) is 8.71. The average molecular weight is 334 g/mol. The van der Waals surface area contributed by atoms with Gasteiger partial charge in [0.1, 0.15) is 6.04 Å². The molecule has 1 unspecified atom stereocenters. The van der Waals surface area contributed by atoms with Crippen LogP contribution in [0.25, 0.3) is 0 Å². The van der Waals surface area contributed by atoms with E-state index < -0.39 is 17.7 Å². The minimum Gasteiger partial charge on any atom is -0.465 e. The van der Waals surface area contributed by atoms with Crippen LogP contribution in [0.3, 0.4) is 0 Å². The molecule has 0 heterocycles. The average Bonchev–Trinajstić information content (AvgIpc) is 2.45. The Balaban J connectivity index is 3.01. The molecule has 1 rings (SSSR count). The van der Waals surface area contributed by atoms with Gasteiger partial charge in [0.25, 0.3) is 0 Å². The fourth-order valence-electron chi connectivity index (χ4n) is 2.63. The Kier molecular flexibility index (Phi) is 7.26. The minimum absolute atomic E-state index is 0.239. The lowest BCUT2D eigenvalue weighted by molar-refractivity contribution is -0.127. The number of benzene rings is 1. The molecule has 1 atom stereocenters. The number of amides is 2. The zero-order valence-electron chi connectivity index (χ0n) is 15.4. The highest BCUT2D eigenvalue weighted by Crippen LogP contribution is 2.20. The van der Waals surface area contributed by atoms with E-state index in [0.717, 1.165) is 12.0 Å². The van der Waals surface area contributed by atoms with Crippen LogP contribution in [-0.2, 0) is 11.2 Å². The van der Waals surface area contributed by atoms with Gasteiger partial charge in [-0.2, -0.15) is 0 Å². The highest BCUT2D eigenvalue weighted by molar-refractivity contribution is 5.86. The first kappa shape index (κ1) is 20.0. The van der Waals surface area contributed by atoms with Crippen molar-refractivity contribution in [1.82, 2.24) is 10.2 Å². The van der Waals surface area contributed by atoms with E-state index >= 15 is 0 Å². The van der Waals surface area contributed by atoms with Gasteiger partial charge in [-0.05, 0) is 38.7 Å². The summed E-state index contributed by atoms with van der Waals surface area (Å²) < 4.78 is 0. The summed E-state index contributed by atoms with van der Waals surface area (Å²) in [5, 5.41) is 12.6. The molecule has 0 saturated heterocycles. The standard InChI is InChI=1S/C19H30N2O3/c1-14(2)11-12-20-17(22)16(13-15-9-7-6-8-10-15)21(18(23)24)19(3,4)5/h6-10,14,16H,11-13H2,1-5H3,(H,20,22)(H,23,24). The number of rotatable bonds is 7. The predicted molar refractivity (Wildman–Crippen MR) is 96.0 cm³/mol. The maximum Gasteiger partial charge on any atom is 0.408 e. The first-order chi connectivity index (χ1) is 11.1. The monoisotopic (exact) mass is 334 g/mol. The van der Waals surface area contributed by atoms with Gasteiger partial charge in [0.15, 0.2) is 0 Å². The van der Waals surface area contributed by atoms with Crippen molar-refractivity contribution >= 4 is 12.0 Å². The summed E-state index contributed by atoms with van der Waals surface area (Å²) in [5.41, 5.74) is 0.276. The van der Waals surface area contributed by atoms with E-state index in [1.807, 2.05) is 30.3 Å². The van der Waals surface area contributed by atoms with Crippen molar-refractivity contribution in [3.8, 4) is 0 Å². The Labute approximate surface area is 145 Å². The van der Waals surface area contributed by atoms with Gasteiger partial charge in [0.2, 0.25) is 5.91 Å². The Morgan fingerprint density at radius 3 is 2.21 bits per heavy atom. The second-order valence-corrected chi connectivity index (χ2v) is 7.50. The number of hydrogen-bond donors (Lipinski definition) is 2. The molecule has 0 spiro atoms. The van der Waals surface area contributed by atoms with E-state index in [2.05, 4.69) is 19.2 Å². The third-order valence-electron chi connectivity index (χ3n) is 3.84. The SMILES string of the molecule is CC(C)CCNC(=O)C(Cc1ccccc1)N(C(=O)O)C(C)(C)C. The number of carbonyl (C=O) groups excluding carboxylic acids is 1. The molecule has 0 aromatic heterocycles. The van der Waals surface area contributed by atoms with Crippen LogP contribution in [0.5, 0.6) is 0 Å². The lowest BCUT2D eigenvalue weighted by atomic mass is 9.97. The molecule has 2 amide bonds. The molecule has 0 aliphatic heterocycles.